The first-order chi connectivity index (χ1) is 9.75. The molecule has 0 aromatic heterocycles. The molecule has 104 valence electrons. The Bertz CT molecular complexity index is 591. The zero-order valence-electron chi connectivity index (χ0n) is 11.2. The third kappa shape index (κ3) is 2.66. The Kier molecular flexibility index (Phi) is 3.93. The van der Waals surface area contributed by atoms with Crippen LogP contribution in [0.4, 0.5) is 10.1 Å². The van der Waals surface area contributed by atoms with E-state index in [1.165, 1.54) is 23.6 Å². The summed E-state index contributed by atoms with van der Waals surface area (Å²) in [6.07, 6.45) is 3.47. The van der Waals surface area contributed by atoms with Crippen LogP contribution in [-0.2, 0) is 6.42 Å². The highest BCUT2D eigenvalue weighted by molar-refractivity contribution is 6.33. The molecule has 0 aliphatic heterocycles. The molecule has 1 atom stereocenters. The first kappa shape index (κ1) is 13.4. The topological polar surface area (TPSA) is 12.0 Å². The molecule has 0 fully saturated rings. The van der Waals surface area contributed by atoms with E-state index in [-0.39, 0.29) is 5.82 Å². The first-order valence-electron chi connectivity index (χ1n) is 7.01. The summed E-state index contributed by atoms with van der Waals surface area (Å²) in [5, 5.41) is 3.62. The van der Waals surface area contributed by atoms with Gasteiger partial charge in [-0.05, 0) is 42.5 Å². The predicted octanol–water partition coefficient (Wildman–Crippen LogP) is 5.01. The van der Waals surface area contributed by atoms with Crippen LogP contribution in [0.15, 0.2) is 42.5 Å². The summed E-state index contributed by atoms with van der Waals surface area (Å²) >= 11 is 6.04. The maximum absolute atomic E-state index is 13.8. The number of halogens is 2. The van der Waals surface area contributed by atoms with Crippen LogP contribution in [0.1, 0.15) is 29.9 Å². The highest BCUT2D eigenvalue weighted by Gasteiger charge is 2.20. The van der Waals surface area contributed by atoms with Gasteiger partial charge in [-0.25, -0.2) is 4.39 Å². The van der Waals surface area contributed by atoms with E-state index in [0.717, 1.165) is 19.4 Å². The highest BCUT2D eigenvalue weighted by Crippen LogP contribution is 2.32. The molecular formula is C17H17ClFN. The predicted molar refractivity (Wildman–Crippen MR) is 82.0 cm³/mol. The summed E-state index contributed by atoms with van der Waals surface area (Å²) in [6, 6.07) is 13.3. The highest BCUT2D eigenvalue weighted by atomic mass is 35.5. The summed E-state index contributed by atoms with van der Waals surface area (Å²) in [5.74, 6) is 0.136. The molecule has 3 rings (SSSR count). The third-order valence-corrected chi connectivity index (χ3v) is 4.30. The molecule has 1 unspecified atom stereocenters. The largest absolute Gasteiger partial charge is 0.381 e. The SMILES string of the molecule is Fc1cccc(Cl)c1NCC1CCCc2ccccc21. The van der Waals surface area contributed by atoms with E-state index in [4.69, 9.17) is 11.6 Å². The van der Waals surface area contributed by atoms with Gasteiger partial charge in [0.15, 0.2) is 0 Å². The third-order valence-electron chi connectivity index (χ3n) is 3.98. The van der Waals surface area contributed by atoms with Crippen LogP contribution >= 0.6 is 11.6 Å². The van der Waals surface area contributed by atoms with E-state index < -0.39 is 0 Å². The second-order valence-electron chi connectivity index (χ2n) is 5.27. The van der Waals surface area contributed by atoms with Gasteiger partial charge >= 0.3 is 0 Å². The lowest BCUT2D eigenvalue weighted by Crippen LogP contribution is -2.18. The summed E-state index contributed by atoms with van der Waals surface area (Å²) in [7, 11) is 0. The van der Waals surface area contributed by atoms with Crippen molar-refractivity contribution in [3.8, 4) is 0 Å². The van der Waals surface area contributed by atoms with Crippen molar-refractivity contribution in [1.29, 1.82) is 0 Å². The van der Waals surface area contributed by atoms with Crippen LogP contribution in [0.5, 0.6) is 0 Å². The van der Waals surface area contributed by atoms with Crippen LogP contribution < -0.4 is 5.32 Å². The fourth-order valence-electron chi connectivity index (χ4n) is 2.96. The van der Waals surface area contributed by atoms with Crippen molar-refractivity contribution in [3.05, 3.63) is 64.4 Å². The number of rotatable bonds is 3. The second-order valence-corrected chi connectivity index (χ2v) is 5.67. The minimum atomic E-state index is -0.290. The van der Waals surface area contributed by atoms with Crippen molar-refractivity contribution >= 4 is 17.3 Å². The van der Waals surface area contributed by atoms with E-state index in [1.807, 2.05) is 0 Å². The van der Waals surface area contributed by atoms with Crippen molar-refractivity contribution in [1.82, 2.24) is 0 Å². The van der Waals surface area contributed by atoms with Gasteiger partial charge in [0.2, 0.25) is 0 Å². The first-order valence-corrected chi connectivity index (χ1v) is 7.39. The normalized spacial score (nSPS) is 17.6. The molecule has 0 radical (unpaired) electrons. The molecule has 0 heterocycles. The molecule has 0 saturated carbocycles. The average Bonchev–Trinajstić information content (AvgIpc) is 2.47. The molecule has 0 bridgehead atoms. The maximum atomic E-state index is 13.8. The molecule has 1 aliphatic rings. The number of aryl methyl sites for hydroxylation is 1. The number of para-hydroxylation sites is 1. The zero-order chi connectivity index (χ0) is 13.9. The number of fused-ring (bicyclic) bond motifs is 1. The van der Waals surface area contributed by atoms with Gasteiger partial charge in [0.1, 0.15) is 5.82 Å². The lowest BCUT2D eigenvalue weighted by Gasteiger charge is -2.26. The Morgan fingerprint density at radius 3 is 2.85 bits per heavy atom. The number of nitrogens with one attached hydrogen (secondary N) is 1. The van der Waals surface area contributed by atoms with Crippen molar-refractivity contribution in [3.63, 3.8) is 0 Å². The van der Waals surface area contributed by atoms with E-state index in [0.29, 0.717) is 16.6 Å². The van der Waals surface area contributed by atoms with Gasteiger partial charge in [-0.3, -0.25) is 0 Å². The van der Waals surface area contributed by atoms with Gasteiger partial charge < -0.3 is 5.32 Å². The molecule has 20 heavy (non-hydrogen) atoms. The Balaban J connectivity index is 1.77. The molecule has 1 aliphatic carbocycles. The minimum Gasteiger partial charge on any atom is -0.381 e. The van der Waals surface area contributed by atoms with Crippen LogP contribution in [-0.4, -0.2) is 6.54 Å². The summed E-state index contributed by atoms with van der Waals surface area (Å²) in [6.45, 7) is 0.720. The standard InChI is InChI=1S/C17H17ClFN/c18-15-9-4-10-16(19)17(15)20-11-13-7-3-6-12-5-1-2-8-14(12)13/h1-2,4-5,8-10,13,20H,3,6-7,11H2. The molecule has 0 saturated heterocycles. The van der Waals surface area contributed by atoms with E-state index >= 15 is 0 Å². The molecule has 1 N–H and O–H groups in total. The van der Waals surface area contributed by atoms with Crippen molar-refractivity contribution < 1.29 is 4.39 Å². The molecule has 2 aromatic carbocycles. The van der Waals surface area contributed by atoms with E-state index in [9.17, 15) is 4.39 Å². The van der Waals surface area contributed by atoms with Crippen LogP contribution in [0.25, 0.3) is 0 Å². The molecule has 1 nitrogen and oxygen atoms in total. The Labute approximate surface area is 123 Å². The number of anilines is 1. The fraction of sp³-hybridized carbons (Fsp3) is 0.294. The van der Waals surface area contributed by atoms with Gasteiger partial charge in [0.05, 0.1) is 10.7 Å². The lowest BCUT2D eigenvalue weighted by atomic mass is 9.83. The van der Waals surface area contributed by atoms with Gasteiger partial charge in [-0.1, -0.05) is 41.9 Å². The molecule has 3 heteroatoms. The minimum absolute atomic E-state index is 0.290. The Morgan fingerprint density at radius 2 is 2.00 bits per heavy atom. The van der Waals surface area contributed by atoms with Gasteiger partial charge in [0.25, 0.3) is 0 Å². The van der Waals surface area contributed by atoms with Crippen molar-refractivity contribution in [2.45, 2.75) is 25.2 Å². The maximum Gasteiger partial charge on any atom is 0.147 e. The smallest absolute Gasteiger partial charge is 0.147 e. The van der Waals surface area contributed by atoms with Crippen molar-refractivity contribution in [2.24, 2.45) is 0 Å². The Hall–Kier alpha value is -1.54. The quantitative estimate of drug-likeness (QED) is 0.837. The number of hydrogen-bond donors (Lipinski definition) is 1. The monoisotopic (exact) mass is 289 g/mol. The van der Waals surface area contributed by atoms with Crippen LogP contribution in [0, 0.1) is 5.82 Å². The van der Waals surface area contributed by atoms with Gasteiger partial charge in [-0.2, -0.15) is 0 Å². The second kappa shape index (κ2) is 5.84. The molecular weight excluding hydrogens is 273 g/mol. The summed E-state index contributed by atoms with van der Waals surface area (Å²) in [5.41, 5.74) is 3.22. The van der Waals surface area contributed by atoms with Crippen LogP contribution in [0.3, 0.4) is 0 Å². The number of hydrogen-bond acceptors (Lipinski definition) is 1. The van der Waals surface area contributed by atoms with Gasteiger partial charge in [-0.15, -0.1) is 0 Å². The van der Waals surface area contributed by atoms with E-state index in [2.05, 4.69) is 29.6 Å². The van der Waals surface area contributed by atoms with Crippen LogP contribution in [0.2, 0.25) is 5.02 Å². The summed E-state index contributed by atoms with van der Waals surface area (Å²) < 4.78 is 13.8. The zero-order valence-corrected chi connectivity index (χ0v) is 12.0. The molecule has 0 amide bonds. The van der Waals surface area contributed by atoms with Crippen molar-refractivity contribution in [2.75, 3.05) is 11.9 Å². The Morgan fingerprint density at radius 1 is 1.15 bits per heavy atom. The number of benzene rings is 2. The van der Waals surface area contributed by atoms with E-state index in [1.54, 1.807) is 12.1 Å². The average molecular weight is 290 g/mol. The summed E-state index contributed by atoms with van der Waals surface area (Å²) in [4.78, 5) is 0. The molecule has 0 spiro atoms. The molecule has 2 aromatic rings. The lowest BCUT2D eigenvalue weighted by molar-refractivity contribution is 0.568. The van der Waals surface area contributed by atoms with Gasteiger partial charge in [0, 0.05) is 12.5 Å². The fourth-order valence-corrected chi connectivity index (χ4v) is 3.19.